The fourth-order valence-corrected chi connectivity index (χ4v) is 2.05. The number of benzene rings is 1. The first-order chi connectivity index (χ1) is 8.59. The van der Waals surface area contributed by atoms with Crippen LogP contribution in [0.2, 0.25) is 0 Å². The van der Waals surface area contributed by atoms with Crippen molar-refractivity contribution in [2.24, 2.45) is 0 Å². The molecule has 1 aromatic carbocycles. The van der Waals surface area contributed by atoms with E-state index < -0.39 is 0 Å². The Balaban J connectivity index is 2.15. The van der Waals surface area contributed by atoms with Crippen LogP contribution in [0.5, 0.6) is 5.75 Å². The predicted octanol–water partition coefficient (Wildman–Crippen LogP) is 0.946. The number of nitrogens with two attached hydrogens (primary N) is 1. The Hall–Kier alpha value is -1.75. The third-order valence-corrected chi connectivity index (χ3v) is 2.94. The van der Waals surface area contributed by atoms with Gasteiger partial charge in [-0.15, -0.1) is 0 Å². The van der Waals surface area contributed by atoms with Crippen molar-refractivity contribution >= 4 is 17.3 Å². The monoisotopic (exact) mass is 249 g/mol. The molecule has 0 atom stereocenters. The van der Waals surface area contributed by atoms with E-state index in [0.717, 1.165) is 18.7 Å². The maximum absolute atomic E-state index is 11.9. The molecule has 0 bridgehead atoms. The summed E-state index contributed by atoms with van der Waals surface area (Å²) in [4.78, 5) is 15.8. The number of hydrogen-bond acceptors (Lipinski definition) is 4. The van der Waals surface area contributed by atoms with Gasteiger partial charge in [-0.05, 0) is 39.2 Å². The van der Waals surface area contributed by atoms with Gasteiger partial charge in [0.15, 0.2) is 12.4 Å². The highest BCUT2D eigenvalue weighted by molar-refractivity contribution is 5.99. The van der Waals surface area contributed by atoms with E-state index >= 15 is 0 Å². The van der Waals surface area contributed by atoms with Gasteiger partial charge in [0.1, 0.15) is 0 Å². The second-order valence-corrected chi connectivity index (χ2v) is 4.69. The van der Waals surface area contributed by atoms with Crippen molar-refractivity contribution in [2.45, 2.75) is 6.42 Å². The molecule has 2 N–H and O–H groups in total. The van der Waals surface area contributed by atoms with Crippen LogP contribution in [0.25, 0.3) is 0 Å². The van der Waals surface area contributed by atoms with Gasteiger partial charge in [-0.25, -0.2) is 0 Å². The molecule has 0 spiro atoms. The Morgan fingerprint density at radius 2 is 2.22 bits per heavy atom. The minimum Gasteiger partial charge on any atom is -0.479 e. The van der Waals surface area contributed by atoms with Crippen molar-refractivity contribution in [3.05, 3.63) is 18.2 Å². The molecule has 0 aromatic heterocycles. The van der Waals surface area contributed by atoms with Crippen LogP contribution in [0.3, 0.4) is 0 Å². The Morgan fingerprint density at radius 1 is 1.44 bits per heavy atom. The number of hydrogen-bond donors (Lipinski definition) is 1. The smallest absolute Gasteiger partial charge is 0.265 e. The van der Waals surface area contributed by atoms with Crippen molar-refractivity contribution in [2.75, 3.05) is 44.4 Å². The Labute approximate surface area is 107 Å². The number of anilines is 2. The van der Waals surface area contributed by atoms with Gasteiger partial charge < -0.3 is 20.3 Å². The molecule has 1 heterocycles. The van der Waals surface area contributed by atoms with Gasteiger partial charge in [-0.3, -0.25) is 4.79 Å². The number of rotatable bonds is 4. The van der Waals surface area contributed by atoms with E-state index in [1.807, 2.05) is 26.2 Å². The lowest BCUT2D eigenvalue weighted by Crippen LogP contribution is -2.40. The summed E-state index contributed by atoms with van der Waals surface area (Å²) < 4.78 is 5.40. The molecular weight excluding hydrogens is 230 g/mol. The summed E-state index contributed by atoms with van der Waals surface area (Å²) in [6, 6.07) is 5.50. The number of ether oxygens (including phenoxy) is 1. The summed E-state index contributed by atoms with van der Waals surface area (Å²) in [6.07, 6.45) is 0.924. The van der Waals surface area contributed by atoms with Gasteiger partial charge in [-0.2, -0.15) is 0 Å². The van der Waals surface area contributed by atoms with Crippen molar-refractivity contribution in [1.82, 2.24) is 4.90 Å². The summed E-state index contributed by atoms with van der Waals surface area (Å²) in [5.41, 5.74) is 7.22. The molecule has 5 heteroatoms. The number of nitrogen functional groups attached to an aromatic ring is 1. The van der Waals surface area contributed by atoms with Gasteiger partial charge in [0, 0.05) is 6.54 Å². The number of carbonyl (C=O) groups excluding carboxylic acids is 1. The second kappa shape index (κ2) is 5.27. The molecule has 0 aliphatic carbocycles. The van der Waals surface area contributed by atoms with E-state index in [9.17, 15) is 4.79 Å². The SMILES string of the molecule is CN(C)CCCN1C(=O)COc2c(N)cccc21. The lowest BCUT2D eigenvalue weighted by atomic mass is 10.2. The Kier molecular flexibility index (Phi) is 3.72. The molecule has 18 heavy (non-hydrogen) atoms. The summed E-state index contributed by atoms with van der Waals surface area (Å²) in [6.45, 7) is 1.71. The maximum Gasteiger partial charge on any atom is 0.265 e. The zero-order valence-electron chi connectivity index (χ0n) is 10.8. The zero-order valence-corrected chi connectivity index (χ0v) is 10.8. The summed E-state index contributed by atoms with van der Waals surface area (Å²) >= 11 is 0. The van der Waals surface area contributed by atoms with Crippen molar-refractivity contribution < 1.29 is 9.53 Å². The van der Waals surface area contributed by atoms with Crippen molar-refractivity contribution in [3.8, 4) is 5.75 Å². The first-order valence-corrected chi connectivity index (χ1v) is 6.06. The first kappa shape index (κ1) is 12.7. The fourth-order valence-electron chi connectivity index (χ4n) is 2.05. The van der Waals surface area contributed by atoms with Gasteiger partial charge in [0.25, 0.3) is 5.91 Å². The first-order valence-electron chi connectivity index (χ1n) is 6.06. The molecule has 98 valence electrons. The van der Waals surface area contributed by atoms with Gasteiger partial charge in [0.05, 0.1) is 11.4 Å². The molecule has 0 unspecified atom stereocenters. The van der Waals surface area contributed by atoms with E-state index in [1.165, 1.54) is 0 Å². The topological polar surface area (TPSA) is 58.8 Å². The van der Waals surface area contributed by atoms with Gasteiger partial charge >= 0.3 is 0 Å². The third kappa shape index (κ3) is 2.56. The fraction of sp³-hybridized carbons (Fsp3) is 0.462. The van der Waals surface area contributed by atoms with Crippen molar-refractivity contribution in [3.63, 3.8) is 0 Å². The quantitative estimate of drug-likeness (QED) is 0.807. The highest BCUT2D eigenvalue weighted by Gasteiger charge is 2.26. The van der Waals surface area contributed by atoms with Crippen LogP contribution in [0.4, 0.5) is 11.4 Å². The molecule has 2 rings (SSSR count). The number of amides is 1. The lowest BCUT2D eigenvalue weighted by Gasteiger charge is -2.30. The van der Waals surface area contributed by atoms with Crippen LogP contribution in [-0.2, 0) is 4.79 Å². The minimum atomic E-state index is -0.00754. The predicted molar refractivity (Wildman–Crippen MR) is 71.9 cm³/mol. The standard InChI is InChI=1S/C13H19N3O2/c1-15(2)7-4-8-16-11-6-3-5-10(14)13(11)18-9-12(16)17/h3,5-6H,4,7-9,14H2,1-2H3. The largest absolute Gasteiger partial charge is 0.479 e. The van der Waals surface area contributed by atoms with E-state index in [0.29, 0.717) is 18.0 Å². The van der Waals surface area contributed by atoms with Crippen LogP contribution >= 0.6 is 0 Å². The Bertz CT molecular complexity index is 446. The summed E-state index contributed by atoms with van der Waals surface area (Å²) in [5.74, 6) is 0.619. The highest BCUT2D eigenvalue weighted by atomic mass is 16.5. The van der Waals surface area contributed by atoms with Crippen LogP contribution in [0.1, 0.15) is 6.42 Å². The molecule has 0 saturated carbocycles. The van der Waals surface area contributed by atoms with Gasteiger partial charge in [0.2, 0.25) is 0 Å². The molecule has 1 amide bonds. The third-order valence-electron chi connectivity index (χ3n) is 2.94. The van der Waals surface area contributed by atoms with Crippen LogP contribution in [-0.4, -0.2) is 44.6 Å². The second-order valence-electron chi connectivity index (χ2n) is 4.69. The molecule has 1 aromatic rings. The normalized spacial score (nSPS) is 14.6. The molecule has 1 aliphatic rings. The average molecular weight is 249 g/mol. The summed E-state index contributed by atoms with van der Waals surface area (Å²) in [5, 5.41) is 0. The number of fused-ring (bicyclic) bond motifs is 1. The maximum atomic E-state index is 11.9. The highest BCUT2D eigenvalue weighted by Crippen LogP contribution is 2.36. The molecule has 0 radical (unpaired) electrons. The van der Waals surface area contributed by atoms with Crippen LogP contribution in [0.15, 0.2) is 18.2 Å². The number of para-hydroxylation sites is 1. The summed E-state index contributed by atoms with van der Waals surface area (Å²) in [7, 11) is 4.04. The molecule has 0 fully saturated rings. The molecular formula is C13H19N3O2. The Morgan fingerprint density at radius 3 is 2.94 bits per heavy atom. The molecule has 1 aliphatic heterocycles. The van der Waals surface area contributed by atoms with Crippen molar-refractivity contribution in [1.29, 1.82) is 0 Å². The van der Waals surface area contributed by atoms with E-state index in [4.69, 9.17) is 10.5 Å². The molecule has 0 saturated heterocycles. The van der Waals surface area contributed by atoms with E-state index in [2.05, 4.69) is 4.90 Å². The van der Waals surface area contributed by atoms with Gasteiger partial charge in [-0.1, -0.05) is 6.07 Å². The van der Waals surface area contributed by atoms with E-state index in [1.54, 1.807) is 11.0 Å². The molecule has 5 nitrogen and oxygen atoms in total. The lowest BCUT2D eigenvalue weighted by molar-refractivity contribution is -0.121. The van der Waals surface area contributed by atoms with E-state index in [-0.39, 0.29) is 12.5 Å². The number of carbonyl (C=O) groups is 1. The zero-order chi connectivity index (χ0) is 13.1. The average Bonchev–Trinajstić information content (AvgIpc) is 2.32. The minimum absolute atomic E-state index is 0.00754. The van der Waals surface area contributed by atoms with Crippen LogP contribution < -0.4 is 15.4 Å². The van der Waals surface area contributed by atoms with Crippen LogP contribution in [0, 0.1) is 0 Å². The number of nitrogens with zero attached hydrogens (tertiary/aromatic N) is 2.